The predicted octanol–water partition coefficient (Wildman–Crippen LogP) is 20.5. The van der Waals surface area contributed by atoms with E-state index in [1.54, 1.807) is 0 Å². The van der Waals surface area contributed by atoms with Gasteiger partial charge in [0.1, 0.15) is 0 Å². The van der Waals surface area contributed by atoms with Crippen LogP contribution in [-0.2, 0) is 0 Å². The average Bonchev–Trinajstić information content (AvgIpc) is 3.32. The first-order chi connectivity index (χ1) is 36.8. The third-order valence-corrected chi connectivity index (χ3v) is 12.8. The molecule has 5 nitrogen and oxygen atoms in total. The van der Waals surface area contributed by atoms with Crippen LogP contribution >= 0.6 is 0 Å². The van der Waals surface area contributed by atoms with E-state index in [2.05, 4.69) is 0 Å². The summed E-state index contributed by atoms with van der Waals surface area (Å²) in [6.45, 7) is -0.174. The minimum absolute atomic E-state index is 0.0497. The van der Waals surface area contributed by atoms with Crippen LogP contribution in [0.2, 0.25) is 0 Å². The Bertz CT molecular complexity index is 1890. The molecule has 81 heavy (non-hydrogen) atoms. The lowest BCUT2D eigenvalue weighted by Gasteiger charge is -2.33. The van der Waals surface area contributed by atoms with Crippen LogP contribution in [0.15, 0.2) is 12.1 Å². The zero-order chi connectivity index (χ0) is 62.6. The largest absolute Gasteiger partial charge is 0.490 e. The second-order valence-electron chi connectivity index (χ2n) is 19.4. The fraction of sp³-hybridized carbons (Fsp3) is 0.857. The van der Waals surface area contributed by atoms with Crippen molar-refractivity contribution in [2.24, 2.45) is 0 Å². The van der Waals surface area contributed by atoms with E-state index in [1.807, 2.05) is 0 Å². The standard InChI is InChI=1S/C49H63F27O5/c50-38(51,41(56,57)44(62,63)47(68,69)70)25-19-13-7-1-4-10-16-22-28-79-34-31-33(37(77)78)32-35(80-29-23-17-11-5-2-8-14-20-26-39(52,53)42(58,59)45(64,65)48(71,72)73)36(34)81-30-24-18-12-6-3-9-15-21-27-40(54,55)43(60,61)46(66,67)49(74,75)76/h31-32H,1-30H2,(H,77,78). The summed E-state index contributed by atoms with van der Waals surface area (Å²) in [5.41, 5.74) is -0.324. The Morgan fingerprint density at radius 3 is 0.704 bits per heavy atom. The molecule has 1 rings (SSSR count). The number of carboxylic acid groups (broad SMARTS) is 1. The molecule has 32 heteroatoms. The van der Waals surface area contributed by atoms with Gasteiger partial charge < -0.3 is 19.3 Å². The molecule has 0 saturated heterocycles. The molecule has 0 aliphatic carbocycles. The molecular weight excluding hydrogens is 1180 g/mol. The summed E-state index contributed by atoms with van der Waals surface area (Å²) >= 11 is 0. The highest BCUT2D eigenvalue weighted by molar-refractivity contribution is 5.89. The molecule has 0 aliphatic rings. The van der Waals surface area contributed by atoms with Crippen molar-refractivity contribution in [3.05, 3.63) is 17.7 Å². The van der Waals surface area contributed by atoms with E-state index in [1.165, 1.54) is 0 Å². The number of carboxylic acids is 1. The number of rotatable bonds is 43. The molecule has 0 saturated carbocycles. The molecular formula is C49H63F27O5. The summed E-state index contributed by atoms with van der Waals surface area (Å²) in [6, 6.07) is 2.25. The van der Waals surface area contributed by atoms with Gasteiger partial charge >= 0.3 is 77.8 Å². The number of ether oxygens (including phenoxy) is 3. The lowest BCUT2D eigenvalue weighted by molar-refractivity contribution is -0.396. The first-order valence-corrected chi connectivity index (χ1v) is 25.7. The second kappa shape index (κ2) is 30.8. The normalized spacial score (nSPS) is 14.2. The predicted molar refractivity (Wildman–Crippen MR) is 237 cm³/mol. The summed E-state index contributed by atoms with van der Waals surface area (Å²) in [4.78, 5) is 12.1. The van der Waals surface area contributed by atoms with Crippen molar-refractivity contribution in [3.63, 3.8) is 0 Å². The quantitative estimate of drug-likeness (QED) is 0.0521. The van der Waals surface area contributed by atoms with E-state index >= 15 is 0 Å². The van der Waals surface area contributed by atoms with Gasteiger partial charge in [-0.25, -0.2) is 4.79 Å². The Morgan fingerprint density at radius 1 is 0.296 bits per heavy atom. The number of benzene rings is 1. The molecule has 478 valence electrons. The smallest absolute Gasteiger partial charge is 0.460 e. The molecule has 0 aliphatic heterocycles. The van der Waals surface area contributed by atoms with Gasteiger partial charge in [-0.1, -0.05) is 116 Å². The van der Waals surface area contributed by atoms with Gasteiger partial charge in [0, 0.05) is 19.3 Å². The third kappa shape index (κ3) is 20.7. The summed E-state index contributed by atoms with van der Waals surface area (Å²) in [7, 11) is 0. The number of carbonyl (C=O) groups is 1. The topological polar surface area (TPSA) is 65.0 Å². The molecule has 0 unspecified atom stereocenters. The van der Waals surface area contributed by atoms with Crippen molar-refractivity contribution in [3.8, 4) is 17.2 Å². The van der Waals surface area contributed by atoms with Gasteiger partial charge in [0.25, 0.3) is 0 Å². The zero-order valence-corrected chi connectivity index (χ0v) is 43.2. The molecule has 0 aromatic heterocycles. The van der Waals surface area contributed by atoms with Crippen LogP contribution in [0, 0.1) is 0 Å². The van der Waals surface area contributed by atoms with Crippen molar-refractivity contribution in [1.82, 2.24) is 0 Å². The summed E-state index contributed by atoms with van der Waals surface area (Å²) < 4.78 is 371. The lowest BCUT2D eigenvalue weighted by atomic mass is 9.97. The molecule has 1 N–H and O–H groups in total. The molecule has 1 aromatic carbocycles. The number of hydrogen-bond acceptors (Lipinski definition) is 4. The molecule has 0 amide bonds. The van der Waals surface area contributed by atoms with Gasteiger partial charge in [-0.3, -0.25) is 0 Å². The average molecular weight is 1240 g/mol. The van der Waals surface area contributed by atoms with Gasteiger partial charge in [0.2, 0.25) is 5.75 Å². The Balaban J connectivity index is 2.82. The van der Waals surface area contributed by atoms with E-state index in [4.69, 9.17) is 14.2 Å². The SMILES string of the molecule is O=C(O)c1cc(OCCCCCCCCCCC(F)(F)C(F)(F)C(F)(F)C(F)(F)F)c(OCCCCCCCCCCC(F)(F)C(F)(F)C(F)(F)C(F)(F)F)c(OCCCCCCCCCCC(F)(F)C(F)(F)C(F)(F)C(F)(F)F)c1. The summed E-state index contributed by atoms with van der Waals surface area (Å²) in [5.74, 6) is -59.7. The molecule has 0 heterocycles. The van der Waals surface area contributed by atoms with Gasteiger partial charge in [0.15, 0.2) is 11.5 Å². The highest BCUT2D eigenvalue weighted by Crippen LogP contribution is 2.57. The van der Waals surface area contributed by atoms with Crippen molar-refractivity contribution in [2.45, 2.75) is 245 Å². The minimum Gasteiger partial charge on any atom is -0.490 e. The van der Waals surface area contributed by atoms with Crippen LogP contribution in [-0.4, -0.2) is 103 Å². The first-order valence-electron chi connectivity index (χ1n) is 25.7. The number of halogens is 27. The molecule has 1 aromatic rings. The molecule has 0 fully saturated rings. The van der Waals surface area contributed by atoms with Crippen molar-refractivity contribution >= 4 is 5.97 Å². The molecule has 0 bridgehead atoms. The van der Waals surface area contributed by atoms with Gasteiger partial charge in [-0.05, 0) is 50.7 Å². The fourth-order valence-corrected chi connectivity index (χ4v) is 7.82. The van der Waals surface area contributed by atoms with Crippen molar-refractivity contribution < 1.29 is 143 Å². The van der Waals surface area contributed by atoms with Gasteiger partial charge in [-0.2, -0.15) is 119 Å². The van der Waals surface area contributed by atoms with Crippen LogP contribution in [0.3, 0.4) is 0 Å². The second-order valence-corrected chi connectivity index (χ2v) is 19.4. The molecule has 0 radical (unpaired) electrons. The molecule has 0 atom stereocenters. The number of unbranched alkanes of at least 4 members (excludes halogenated alkanes) is 21. The van der Waals surface area contributed by atoms with Crippen LogP contribution in [0.5, 0.6) is 17.2 Å². The van der Waals surface area contributed by atoms with E-state index in [9.17, 15) is 128 Å². The maximum absolute atomic E-state index is 13.8. The van der Waals surface area contributed by atoms with Crippen molar-refractivity contribution in [1.29, 1.82) is 0 Å². The Labute approximate surface area is 448 Å². The third-order valence-electron chi connectivity index (χ3n) is 12.8. The number of alkyl halides is 27. The Hall–Kier alpha value is -3.80. The van der Waals surface area contributed by atoms with Crippen LogP contribution < -0.4 is 14.2 Å². The van der Waals surface area contributed by atoms with Crippen LogP contribution in [0.4, 0.5) is 119 Å². The minimum atomic E-state index is -6.98. The van der Waals surface area contributed by atoms with E-state index in [0.29, 0.717) is 96.3 Å². The van der Waals surface area contributed by atoms with Crippen molar-refractivity contribution in [2.75, 3.05) is 19.8 Å². The summed E-state index contributed by atoms with van der Waals surface area (Å²) in [5, 5.41) is 9.82. The van der Waals surface area contributed by atoms with Crippen LogP contribution in [0.25, 0.3) is 0 Å². The monoisotopic (exact) mass is 1240 g/mol. The number of hydrogen-bond donors (Lipinski definition) is 1. The summed E-state index contributed by atoms with van der Waals surface area (Å²) in [6.07, 6.45) is -23.1. The zero-order valence-electron chi connectivity index (χ0n) is 43.2. The highest BCUT2D eigenvalue weighted by Gasteiger charge is 2.83. The van der Waals surface area contributed by atoms with E-state index in [-0.39, 0.29) is 81.2 Å². The maximum Gasteiger partial charge on any atom is 0.460 e. The van der Waals surface area contributed by atoms with Gasteiger partial charge in [-0.15, -0.1) is 0 Å². The Kier molecular flexibility index (Phi) is 28.6. The van der Waals surface area contributed by atoms with Gasteiger partial charge in [0.05, 0.1) is 25.4 Å². The fourth-order valence-electron chi connectivity index (χ4n) is 7.82. The first kappa shape index (κ1) is 75.2. The maximum atomic E-state index is 13.8. The highest BCUT2D eigenvalue weighted by atomic mass is 19.4. The van der Waals surface area contributed by atoms with Crippen LogP contribution in [0.1, 0.15) is 184 Å². The number of aromatic carboxylic acids is 1. The lowest BCUT2D eigenvalue weighted by Crippen LogP contribution is -2.60. The molecule has 0 spiro atoms. The Morgan fingerprint density at radius 2 is 0.494 bits per heavy atom. The van der Waals surface area contributed by atoms with E-state index in [0.717, 1.165) is 12.1 Å². The van der Waals surface area contributed by atoms with E-state index < -0.39 is 116 Å².